The molecule has 1 aromatic carbocycles. The summed E-state index contributed by atoms with van der Waals surface area (Å²) < 4.78 is 41.0. The lowest BCUT2D eigenvalue weighted by molar-refractivity contribution is -0.137. The largest absolute Gasteiger partial charge is 0.417 e. The van der Waals surface area contributed by atoms with E-state index in [1.54, 1.807) is 4.57 Å². The van der Waals surface area contributed by atoms with Gasteiger partial charge < -0.3 is 4.90 Å². The summed E-state index contributed by atoms with van der Waals surface area (Å²) in [5.41, 5.74) is -0.833. The van der Waals surface area contributed by atoms with Gasteiger partial charge in [-0.3, -0.25) is 15.4 Å². The lowest BCUT2D eigenvalue weighted by Gasteiger charge is -2.34. The number of alkyl halides is 3. The molecule has 10 heteroatoms. The summed E-state index contributed by atoms with van der Waals surface area (Å²) in [6.07, 6.45) is -4.13. The first kappa shape index (κ1) is 18.4. The normalized spacial score (nSPS) is 17.4. The van der Waals surface area contributed by atoms with Crippen LogP contribution < -0.4 is 0 Å². The minimum absolute atomic E-state index is 0.00296. The summed E-state index contributed by atoms with van der Waals surface area (Å²) in [4.78, 5) is 1.52. The number of amidine groups is 2. The number of hydrogen-bond donors (Lipinski definition) is 2. The van der Waals surface area contributed by atoms with Gasteiger partial charge in [-0.2, -0.15) is 13.2 Å². The number of hydrogen-bond acceptors (Lipinski definition) is 4. The number of halogens is 4. The van der Waals surface area contributed by atoms with E-state index in [1.807, 2.05) is 13.8 Å². The van der Waals surface area contributed by atoms with Crippen molar-refractivity contribution in [3.05, 3.63) is 34.6 Å². The molecule has 2 N–H and O–H groups in total. The molecule has 0 amide bonds. The maximum atomic E-state index is 13.1. The third kappa shape index (κ3) is 2.86. The van der Waals surface area contributed by atoms with Gasteiger partial charge in [0.15, 0.2) is 17.5 Å². The Balaban J connectivity index is 2.13. The zero-order chi connectivity index (χ0) is 19.2. The van der Waals surface area contributed by atoms with E-state index >= 15 is 0 Å². The van der Waals surface area contributed by atoms with Gasteiger partial charge in [-0.15, -0.1) is 10.2 Å². The molecular formula is C16H16ClF3N6. The van der Waals surface area contributed by atoms with Crippen molar-refractivity contribution in [3.63, 3.8) is 0 Å². The second-order valence-corrected chi connectivity index (χ2v) is 6.37. The molecule has 0 radical (unpaired) electrons. The lowest BCUT2D eigenvalue weighted by atomic mass is 10.1. The molecule has 0 bridgehead atoms. The summed E-state index contributed by atoms with van der Waals surface area (Å²) in [7, 11) is 0. The van der Waals surface area contributed by atoms with Crippen LogP contribution in [0.4, 0.5) is 13.2 Å². The van der Waals surface area contributed by atoms with Crippen LogP contribution >= 0.6 is 11.6 Å². The van der Waals surface area contributed by atoms with E-state index in [0.29, 0.717) is 13.0 Å². The predicted molar refractivity (Wildman–Crippen MR) is 91.7 cm³/mol. The van der Waals surface area contributed by atoms with E-state index in [4.69, 9.17) is 22.4 Å². The monoisotopic (exact) mass is 384 g/mol. The smallest absolute Gasteiger partial charge is 0.310 e. The van der Waals surface area contributed by atoms with Crippen molar-refractivity contribution in [2.75, 3.05) is 6.54 Å². The van der Waals surface area contributed by atoms with Crippen molar-refractivity contribution in [3.8, 4) is 11.4 Å². The van der Waals surface area contributed by atoms with Crippen LogP contribution in [0.1, 0.15) is 37.7 Å². The minimum atomic E-state index is -4.58. The fourth-order valence-corrected chi connectivity index (χ4v) is 3.29. The van der Waals surface area contributed by atoms with E-state index in [9.17, 15) is 13.2 Å². The van der Waals surface area contributed by atoms with Gasteiger partial charge >= 0.3 is 6.18 Å². The Kier molecular flexibility index (Phi) is 4.51. The molecule has 26 heavy (non-hydrogen) atoms. The second kappa shape index (κ2) is 6.39. The van der Waals surface area contributed by atoms with E-state index in [1.165, 1.54) is 17.0 Å². The average Bonchev–Trinajstić information content (AvgIpc) is 3.02. The van der Waals surface area contributed by atoms with Gasteiger partial charge in [0.05, 0.1) is 16.6 Å². The number of nitrogens with zero attached hydrogens (tertiary/aromatic N) is 4. The molecular weight excluding hydrogens is 369 g/mol. The molecule has 2 aromatic rings. The van der Waals surface area contributed by atoms with Crippen LogP contribution in [0.25, 0.3) is 11.4 Å². The maximum Gasteiger partial charge on any atom is 0.417 e. The zero-order valence-corrected chi connectivity index (χ0v) is 14.8. The van der Waals surface area contributed by atoms with Crippen LogP contribution in [0.3, 0.4) is 0 Å². The lowest BCUT2D eigenvalue weighted by Crippen LogP contribution is -2.45. The molecule has 0 aliphatic carbocycles. The molecule has 6 nitrogen and oxygen atoms in total. The third-order valence-corrected chi connectivity index (χ3v) is 4.68. The van der Waals surface area contributed by atoms with Gasteiger partial charge in [0, 0.05) is 18.5 Å². The molecule has 0 saturated heterocycles. The van der Waals surface area contributed by atoms with Crippen LogP contribution in [-0.2, 0) is 6.18 Å². The first-order valence-corrected chi connectivity index (χ1v) is 8.29. The van der Waals surface area contributed by atoms with Gasteiger partial charge in [0.2, 0.25) is 0 Å². The van der Waals surface area contributed by atoms with Gasteiger partial charge in [0.1, 0.15) is 5.84 Å². The van der Waals surface area contributed by atoms with E-state index in [-0.39, 0.29) is 34.9 Å². The maximum absolute atomic E-state index is 13.1. The molecule has 1 aliphatic rings. The first-order valence-electron chi connectivity index (χ1n) is 7.91. The highest BCUT2D eigenvalue weighted by atomic mass is 35.5. The van der Waals surface area contributed by atoms with Crippen LogP contribution in [0.2, 0.25) is 5.02 Å². The molecule has 1 aliphatic heterocycles. The molecule has 0 fully saturated rings. The van der Waals surface area contributed by atoms with Crippen molar-refractivity contribution in [1.82, 2.24) is 19.7 Å². The Bertz CT molecular complexity index is 889. The second-order valence-electron chi connectivity index (χ2n) is 5.99. The predicted octanol–water partition coefficient (Wildman–Crippen LogP) is 4.21. The quantitative estimate of drug-likeness (QED) is 0.601. The van der Waals surface area contributed by atoms with E-state index in [2.05, 4.69) is 10.2 Å². The molecule has 3 rings (SSSR count). The van der Waals surface area contributed by atoms with E-state index < -0.39 is 16.8 Å². The van der Waals surface area contributed by atoms with Crippen LogP contribution in [0.5, 0.6) is 0 Å². The Hall–Kier alpha value is -2.42. The molecule has 1 unspecified atom stereocenters. The van der Waals surface area contributed by atoms with Crippen molar-refractivity contribution in [2.45, 2.75) is 32.5 Å². The van der Waals surface area contributed by atoms with Gasteiger partial charge in [-0.05, 0) is 19.1 Å². The Morgan fingerprint density at radius 3 is 2.58 bits per heavy atom. The standard InChI is InChI=1S/C16H16ClF3N6/c1-3-11(21)25-7-8(2)26-14(23-24-15(26)13(25)22)9-5-4-6-10(12(9)17)16(18,19)20/h4-6,8,21-22H,3,7H2,1-2H3. The highest BCUT2D eigenvalue weighted by Crippen LogP contribution is 2.40. The molecule has 0 saturated carbocycles. The highest BCUT2D eigenvalue weighted by Gasteiger charge is 2.36. The Labute approximate surface area is 152 Å². The van der Waals surface area contributed by atoms with E-state index in [0.717, 1.165) is 6.07 Å². The van der Waals surface area contributed by atoms with Crippen molar-refractivity contribution >= 4 is 23.3 Å². The van der Waals surface area contributed by atoms with Crippen molar-refractivity contribution in [1.29, 1.82) is 10.8 Å². The fourth-order valence-electron chi connectivity index (χ4n) is 2.97. The molecule has 138 valence electrons. The molecule has 2 heterocycles. The number of nitrogens with one attached hydrogen (secondary N) is 2. The SMILES string of the molecule is CCC(=N)N1CC(C)n2c(nnc2-c2cccc(C(F)(F)F)c2Cl)C1=N. The van der Waals surface area contributed by atoms with Gasteiger partial charge in [0.25, 0.3) is 0 Å². The first-order chi connectivity index (χ1) is 12.2. The van der Waals surface area contributed by atoms with Crippen molar-refractivity contribution < 1.29 is 13.2 Å². The number of rotatable bonds is 2. The van der Waals surface area contributed by atoms with Gasteiger partial charge in [-0.25, -0.2) is 0 Å². The summed E-state index contributed by atoms with van der Waals surface area (Å²) >= 11 is 6.01. The Morgan fingerprint density at radius 1 is 1.31 bits per heavy atom. The number of benzene rings is 1. The molecule has 1 aromatic heterocycles. The third-order valence-electron chi connectivity index (χ3n) is 4.27. The summed E-state index contributed by atoms with van der Waals surface area (Å²) in [5, 5.41) is 23.8. The summed E-state index contributed by atoms with van der Waals surface area (Å²) in [5.74, 6) is 0.646. The van der Waals surface area contributed by atoms with Crippen molar-refractivity contribution in [2.24, 2.45) is 0 Å². The minimum Gasteiger partial charge on any atom is -0.310 e. The molecule has 1 atom stereocenters. The average molecular weight is 385 g/mol. The Morgan fingerprint density at radius 2 is 1.96 bits per heavy atom. The van der Waals surface area contributed by atoms with Crippen LogP contribution in [-0.4, -0.2) is 37.9 Å². The highest BCUT2D eigenvalue weighted by molar-refractivity contribution is 6.34. The number of aromatic nitrogens is 3. The fraction of sp³-hybridized carbons (Fsp3) is 0.375. The van der Waals surface area contributed by atoms with Crippen LogP contribution in [0, 0.1) is 10.8 Å². The van der Waals surface area contributed by atoms with Gasteiger partial charge in [-0.1, -0.05) is 24.6 Å². The topological polar surface area (TPSA) is 81.7 Å². The summed E-state index contributed by atoms with van der Waals surface area (Å²) in [6, 6.07) is 3.38. The summed E-state index contributed by atoms with van der Waals surface area (Å²) in [6.45, 7) is 3.98. The zero-order valence-electron chi connectivity index (χ0n) is 14.0. The number of fused-ring (bicyclic) bond motifs is 1. The van der Waals surface area contributed by atoms with Crippen LogP contribution in [0.15, 0.2) is 18.2 Å². The molecule has 0 spiro atoms.